The molecular weight excluding hydrogens is 256 g/mol. The van der Waals surface area contributed by atoms with E-state index in [4.69, 9.17) is 17.0 Å². The van der Waals surface area contributed by atoms with Crippen molar-refractivity contribution >= 4 is 57.2 Å². The molecule has 0 unspecified atom stereocenters. The second kappa shape index (κ2) is 10.1. The molecule has 14 heavy (non-hydrogen) atoms. The Morgan fingerprint density at radius 3 is 2.64 bits per heavy atom. The van der Waals surface area contributed by atoms with Gasteiger partial charge < -0.3 is 4.74 Å². The van der Waals surface area contributed by atoms with Crippen LogP contribution >= 0.6 is 48.4 Å². The van der Waals surface area contributed by atoms with Crippen molar-refractivity contribution < 1.29 is 9.53 Å². The molecule has 0 amide bonds. The summed E-state index contributed by atoms with van der Waals surface area (Å²) in [7, 11) is 0. The summed E-state index contributed by atoms with van der Waals surface area (Å²) in [5.41, 5.74) is 0. The lowest BCUT2D eigenvalue weighted by Gasteiger charge is -2.04. The molecule has 0 N–H and O–H groups in total. The predicted molar refractivity (Wildman–Crippen MR) is 72.8 cm³/mol. The average Bonchev–Trinajstić information content (AvgIpc) is 2.13. The van der Waals surface area contributed by atoms with Crippen LogP contribution in [0.3, 0.4) is 0 Å². The van der Waals surface area contributed by atoms with E-state index in [1.807, 2.05) is 0 Å². The van der Waals surface area contributed by atoms with Gasteiger partial charge in [-0.05, 0) is 18.6 Å². The van der Waals surface area contributed by atoms with Gasteiger partial charge in [0, 0.05) is 11.5 Å². The van der Waals surface area contributed by atoms with Crippen LogP contribution in [0, 0.1) is 0 Å². The summed E-state index contributed by atoms with van der Waals surface area (Å²) < 4.78 is 5.70. The van der Waals surface area contributed by atoms with Crippen LogP contribution in [0.4, 0.5) is 4.79 Å². The van der Waals surface area contributed by atoms with E-state index in [0.717, 1.165) is 24.3 Å². The fourth-order valence-corrected chi connectivity index (χ4v) is 2.38. The van der Waals surface area contributed by atoms with Gasteiger partial charge in [0.25, 0.3) is 0 Å². The Bertz CT molecular complexity index is 184. The van der Waals surface area contributed by atoms with Gasteiger partial charge in [-0.3, -0.25) is 4.79 Å². The van der Waals surface area contributed by atoms with Gasteiger partial charge in [0.1, 0.15) is 0 Å². The van der Waals surface area contributed by atoms with Crippen molar-refractivity contribution in [1.29, 1.82) is 0 Å². The number of thioether (sulfide) groups is 2. The van der Waals surface area contributed by atoms with Crippen LogP contribution in [0.5, 0.6) is 0 Å². The zero-order chi connectivity index (χ0) is 10.8. The lowest BCUT2D eigenvalue weighted by Crippen LogP contribution is -2.00. The van der Waals surface area contributed by atoms with Gasteiger partial charge in [0.2, 0.25) is 8.83 Å². The van der Waals surface area contributed by atoms with E-state index in [2.05, 4.69) is 19.6 Å². The van der Waals surface area contributed by atoms with Crippen LogP contribution < -0.4 is 0 Å². The molecule has 0 rings (SSSR count). The minimum absolute atomic E-state index is 0.150. The summed E-state index contributed by atoms with van der Waals surface area (Å²) >= 11 is 11.3. The maximum Gasteiger partial charge on any atom is 0.243 e. The van der Waals surface area contributed by atoms with Gasteiger partial charge in [-0.15, -0.1) is 0 Å². The van der Waals surface area contributed by atoms with E-state index in [1.165, 1.54) is 23.5 Å². The molecule has 0 aliphatic carbocycles. The predicted octanol–water partition coefficient (Wildman–Crippen LogP) is 3.60. The molecule has 0 heterocycles. The summed E-state index contributed by atoms with van der Waals surface area (Å²) in [6.45, 7) is 2.80. The van der Waals surface area contributed by atoms with E-state index in [9.17, 15) is 4.79 Å². The Morgan fingerprint density at radius 1 is 1.43 bits per heavy atom. The SMILES string of the molecule is CCCCOC(=S)SCCSC(=O)S. The Morgan fingerprint density at radius 2 is 2.07 bits per heavy atom. The molecule has 0 fully saturated rings. The molecule has 0 aliphatic heterocycles. The van der Waals surface area contributed by atoms with Crippen LogP contribution in [0.25, 0.3) is 0 Å². The third-order valence-electron chi connectivity index (χ3n) is 1.25. The van der Waals surface area contributed by atoms with Crippen molar-refractivity contribution in [3.63, 3.8) is 0 Å². The lowest BCUT2D eigenvalue weighted by atomic mass is 10.4. The maximum absolute atomic E-state index is 10.5. The quantitative estimate of drug-likeness (QED) is 0.452. The minimum atomic E-state index is -0.150. The number of thiol groups is 1. The first-order chi connectivity index (χ1) is 6.66. The third kappa shape index (κ3) is 10.7. The first-order valence-corrected chi connectivity index (χ1v) is 7.14. The fraction of sp³-hybridized carbons (Fsp3) is 0.750. The molecule has 0 spiro atoms. The topological polar surface area (TPSA) is 26.3 Å². The van der Waals surface area contributed by atoms with Crippen molar-refractivity contribution in [1.82, 2.24) is 0 Å². The summed E-state index contributed by atoms with van der Waals surface area (Å²) in [6.07, 6.45) is 2.14. The summed E-state index contributed by atoms with van der Waals surface area (Å²) in [5.74, 6) is 1.52. The highest BCUT2D eigenvalue weighted by molar-refractivity contribution is 8.32. The van der Waals surface area contributed by atoms with Gasteiger partial charge in [-0.2, -0.15) is 0 Å². The number of carbonyl (C=O) groups excluding carboxylic acids is 1. The highest BCUT2D eigenvalue weighted by Gasteiger charge is 2.00. The second-order valence-electron chi connectivity index (χ2n) is 2.41. The molecule has 0 saturated heterocycles. The lowest BCUT2D eigenvalue weighted by molar-refractivity contribution is 0.277. The number of rotatable bonds is 6. The normalized spacial score (nSPS) is 9.86. The van der Waals surface area contributed by atoms with Crippen LogP contribution in [0.15, 0.2) is 0 Å². The van der Waals surface area contributed by atoms with Crippen LogP contribution in [0.1, 0.15) is 19.8 Å². The molecule has 0 saturated carbocycles. The molecule has 0 aromatic heterocycles. The van der Waals surface area contributed by atoms with Gasteiger partial charge in [0.15, 0.2) is 0 Å². The van der Waals surface area contributed by atoms with Crippen molar-refractivity contribution in [2.75, 3.05) is 18.1 Å². The standard InChI is InChI=1S/C8H14O2S4/c1-2-3-4-10-8(12)14-6-5-13-7(9)11/h2-6H2,1H3,(H,9,11). The third-order valence-corrected chi connectivity index (χ3v) is 3.78. The first-order valence-electron chi connectivity index (χ1n) is 4.32. The number of hydrogen-bond acceptors (Lipinski definition) is 5. The van der Waals surface area contributed by atoms with Gasteiger partial charge in [-0.1, -0.05) is 49.5 Å². The smallest absolute Gasteiger partial charge is 0.243 e. The largest absolute Gasteiger partial charge is 0.479 e. The number of ether oxygens (including phenoxy) is 1. The molecule has 0 radical (unpaired) electrons. The van der Waals surface area contributed by atoms with Crippen molar-refractivity contribution in [2.45, 2.75) is 19.8 Å². The van der Waals surface area contributed by atoms with Crippen LogP contribution in [-0.2, 0) is 4.74 Å². The Hall–Kier alpha value is 0.610. The maximum atomic E-state index is 10.5. The molecule has 0 bridgehead atoms. The second-order valence-corrected chi connectivity index (χ2v) is 5.89. The molecule has 82 valence electrons. The Kier molecular flexibility index (Phi) is 10.6. The van der Waals surface area contributed by atoms with Crippen LogP contribution in [-0.4, -0.2) is 26.9 Å². The molecule has 0 aromatic rings. The highest BCUT2D eigenvalue weighted by Crippen LogP contribution is 2.12. The number of unbranched alkanes of at least 4 members (excludes halogenated alkanes) is 1. The zero-order valence-corrected chi connectivity index (χ0v) is 11.4. The highest BCUT2D eigenvalue weighted by atomic mass is 32.2. The summed E-state index contributed by atoms with van der Waals surface area (Å²) in [6, 6.07) is 0. The Labute approximate surface area is 104 Å². The van der Waals surface area contributed by atoms with E-state index < -0.39 is 0 Å². The minimum Gasteiger partial charge on any atom is -0.479 e. The number of hydrogen-bond donors (Lipinski definition) is 1. The van der Waals surface area contributed by atoms with Gasteiger partial charge in [0.05, 0.1) is 6.61 Å². The molecule has 0 aliphatic rings. The number of thiocarbonyl (C=S) groups is 1. The molecule has 0 aromatic carbocycles. The van der Waals surface area contributed by atoms with E-state index in [1.54, 1.807) is 0 Å². The van der Waals surface area contributed by atoms with Crippen LogP contribution in [0.2, 0.25) is 0 Å². The van der Waals surface area contributed by atoms with Crippen molar-refractivity contribution in [2.24, 2.45) is 0 Å². The van der Waals surface area contributed by atoms with E-state index in [0.29, 0.717) is 11.0 Å². The molecule has 0 atom stereocenters. The first kappa shape index (κ1) is 14.6. The molecule has 6 heteroatoms. The number of carbonyl (C=O) groups is 1. The van der Waals surface area contributed by atoms with Crippen molar-refractivity contribution in [3.05, 3.63) is 0 Å². The summed E-state index contributed by atoms with van der Waals surface area (Å²) in [5, 5.41) is 0. The van der Waals surface area contributed by atoms with Crippen molar-refractivity contribution in [3.8, 4) is 0 Å². The van der Waals surface area contributed by atoms with Gasteiger partial charge in [-0.25, -0.2) is 0 Å². The van der Waals surface area contributed by atoms with E-state index >= 15 is 0 Å². The fourth-order valence-electron chi connectivity index (χ4n) is 0.595. The zero-order valence-electron chi connectivity index (χ0n) is 8.02. The van der Waals surface area contributed by atoms with Gasteiger partial charge >= 0.3 is 0 Å². The monoisotopic (exact) mass is 270 g/mol. The molecular formula is C8H14O2S4. The summed E-state index contributed by atoms with van der Waals surface area (Å²) in [4.78, 5) is 10.5. The molecule has 2 nitrogen and oxygen atoms in total. The Balaban J connectivity index is 3.22. The average molecular weight is 270 g/mol. The van der Waals surface area contributed by atoms with E-state index in [-0.39, 0.29) is 4.45 Å².